The van der Waals surface area contributed by atoms with Crippen LogP contribution in [0.25, 0.3) is 5.78 Å². The van der Waals surface area contributed by atoms with Crippen molar-refractivity contribution >= 4 is 35.0 Å². The molecule has 0 aliphatic carbocycles. The Morgan fingerprint density at radius 2 is 1.97 bits per heavy atom. The van der Waals surface area contributed by atoms with Crippen LogP contribution in [0.3, 0.4) is 0 Å². The van der Waals surface area contributed by atoms with Gasteiger partial charge in [-0.2, -0.15) is 4.98 Å². The molecule has 164 valence electrons. The van der Waals surface area contributed by atoms with Gasteiger partial charge in [0.1, 0.15) is 5.76 Å². The molecule has 4 aromatic rings. The lowest BCUT2D eigenvalue weighted by molar-refractivity contribution is -0.115. The molecule has 0 bridgehead atoms. The Balaban J connectivity index is 1.43. The fourth-order valence-corrected chi connectivity index (χ4v) is 3.93. The zero-order valence-corrected chi connectivity index (χ0v) is 18.7. The highest BCUT2D eigenvalue weighted by molar-refractivity contribution is 7.99. The van der Waals surface area contributed by atoms with Gasteiger partial charge in [0.05, 0.1) is 29.8 Å². The summed E-state index contributed by atoms with van der Waals surface area (Å²) in [6, 6.07) is 12.4. The molecule has 4 rings (SSSR count). The van der Waals surface area contributed by atoms with Crippen LogP contribution in [0.5, 0.6) is 0 Å². The normalized spacial score (nSPS) is 11.0. The van der Waals surface area contributed by atoms with E-state index < -0.39 is 0 Å². The number of rotatable bonds is 7. The van der Waals surface area contributed by atoms with E-state index in [0.717, 1.165) is 11.4 Å². The number of amides is 2. The molecule has 32 heavy (non-hydrogen) atoms. The van der Waals surface area contributed by atoms with E-state index in [2.05, 4.69) is 20.4 Å². The van der Waals surface area contributed by atoms with Crippen LogP contribution in [0.15, 0.2) is 58.3 Å². The number of thioether (sulfide) groups is 1. The van der Waals surface area contributed by atoms with Crippen LogP contribution in [0.4, 0.5) is 5.69 Å². The number of furan rings is 1. The van der Waals surface area contributed by atoms with Crippen LogP contribution < -0.4 is 10.2 Å². The van der Waals surface area contributed by atoms with Crippen molar-refractivity contribution in [3.63, 3.8) is 0 Å². The van der Waals surface area contributed by atoms with Crippen LogP contribution in [-0.4, -0.2) is 44.2 Å². The molecule has 1 aromatic carbocycles. The van der Waals surface area contributed by atoms with Crippen molar-refractivity contribution in [1.29, 1.82) is 0 Å². The summed E-state index contributed by atoms with van der Waals surface area (Å²) in [5, 5.41) is 7.70. The van der Waals surface area contributed by atoms with Crippen molar-refractivity contribution in [3.8, 4) is 0 Å². The molecule has 0 aliphatic rings. The predicted molar refractivity (Wildman–Crippen MR) is 121 cm³/mol. The van der Waals surface area contributed by atoms with Gasteiger partial charge in [-0.3, -0.25) is 9.59 Å². The molecule has 2 amide bonds. The van der Waals surface area contributed by atoms with Crippen LogP contribution in [0.1, 0.15) is 27.5 Å². The van der Waals surface area contributed by atoms with E-state index in [9.17, 15) is 9.59 Å². The van der Waals surface area contributed by atoms with E-state index in [1.54, 1.807) is 54.2 Å². The first-order valence-corrected chi connectivity index (χ1v) is 10.9. The molecule has 3 heterocycles. The third-order valence-electron chi connectivity index (χ3n) is 4.81. The smallest absolute Gasteiger partial charge is 0.253 e. The van der Waals surface area contributed by atoms with Crippen LogP contribution in [-0.2, 0) is 11.3 Å². The summed E-state index contributed by atoms with van der Waals surface area (Å²) in [5.74, 6) is 0.804. The summed E-state index contributed by atoms with van der Waals surface area (Å²) in [5.41, 5.74) is 2.70. The molecule has 0 saturated carbocycles. The maximum absolute atomic E-state index is 12.9. The van der Waals surface area contributed by atoms with Crippen molar-refractivity contribution in [2.75, 3.05) is 17.7 Å². The molecule has 10 heteroatoms. The first-order valence-electron chi connectivity index (χ1n) is 9.92. The zero-order chi connectivity index (χ0) is 22.7. The number of nitrogens with zero attached hydrogens (tertiary/aromatic N) is 5. The zero-order valence-electron chi connectivity index (χ0n) is 17.9. The van der Waals surface area contributed by atoms with Crippen molar-refractivity contribution in [1.82, 2.24) is 24.9 Å². The largest absolute Gasteiger partial charge is 0.467 e. The van der Waals surface area contributed by atoms with Gasteiger partial charge in [0.2, 0.25) is 11.1 Å². The summed E-state index contributed by atoms with van der Waals surface area (Å²) in [6.07, 6.45) is 1.55. The standard InChI is InChI=1S/C22H22N6O3S/c1-14-11-15(2)28-21(24-14)25-22(26-28)32-13-19(29)27(3)18-9-5-4-8-17(18)20(30)23-12-16-7-6-10-31-16/h4-11H,12-13H2,1-3H3,(H,23,30). The van der Waals surface area contributed by atoms with Gasteiger partial charge in [0.25, 0.3) is 11.7 Å². The number of para-hydroxylation sites is 1. The van der Waals surface area contributed by atoms with Crippen LogP contribution in [0.2, 0.25) is 0 Å². The fraction of sp³-hybridized carbons (Fsp3) is 0.227. The first kappa shape index (κ1) is 21.6. The van der Waals surface area contributed by atoms with Gasteiger partial charge in [-0.25, -0.2) is 9.50 Å². The molecule has 0 spiro atoms. The van der Waals surface area contributed by atoms with Gasteiger partial charge in [-0.15, -0.1) is 5.10 Å². The highest BCUT2D eigenvalue weighted by Gasteiger charge is 2.19. The Morgan fingerprint density at radius 1 is 1.16 bits per heavy atom. The minimum Gasteiger partial charge on any atom is -0.467 e. The quantitative estimate of drug-likeness (QED) is 0.432. The van der Waals surface area contributed by atoms with Crippen LogP contribution >= 0.6 is 11.8 Å². The van der Waals surface area contributed by atoms with E-state index in [-0.39, 0.29) is 24.1 Å². The molecule has 0 unspecified atom stereocenters. The summed E-state index contributed by atoms with van der Waals surface area (Å²) in [7, 11) is 1.65. The average Bonchev–Trinajstić information content (AvgIpc) is 3.45. The number of hydrogen-bond donors (Lipinski definition) is 1. The molecule has 0 aliphatic heterocycles. The van der Waals surface area contributed by atoms with E-state index in [4.69, 9.17) is 4.42 Å². The number of benzene rings is 1. The van der Waals surface area contributed by atoms with Gasteiger partial charge in [-0.1, -0.05) is 23.9 Å². The second-order valence-electron chi connectivity index (χ2n) is 7.17. The van der Waals surface area contributed by atoms with Gasteiger partial charge in [0, 0.05) is 18.4 Å². The Hall–Kier alpha value is -3.66. The minimum atomic E-state index is -0.289. The molecule has 0 fully saturated rings. The summed E-state index contributed by atoms with van der Waals surface area (Å²) < 4.78 is 6.90. The molecule has 9 nitrogen and oxygen atoms in total. The average molecular weight is 451 g/mol. The number of carbonyl (C=O) groups is 2. The third-order valence-corrected chi connectivity index (χ3v) is 5.63. The SMILES string of the molecule is Cc1cc(C)n2nc(SCC(=O)N(C)c3ccccc3C(=O)NCc3ccco3)nc2n1. The molecule has 0 atom stereocenters. The molecule has 3 aromatic heterocycles. The van der Waals surface area contributed by atoms with Gasteiger partial charge < -0.3 is 14.6 Å². The van der Waals surface area contributed by atoms with Gasteiger partial charge in [0.15, 0.2) is 0 Å². The number of aromatic nitrogens is 4. The second-order valence-corrected chi connectivity index (χ2v) is 8.11. The first-order chi connectivity index (χ1) is 15.4. The lowest BCUT2D eigenvalue weighted by Gasteiger charge is -2.20. The highest BCUT2D eigenvalue weighted by Crippen LogP contribution is 2.22. The number of aryl methyl sites for hydroxylation is 2. The van der Waals surface area contributed by atoms with Crippen LogP contribution in [0, 0.1) is 13.8 Å². The lowest BCUT2D eigenvalue weighted by Crippen LogP contribution is -2.31. The number of hydrogen-bond acceptors (Lipinski definition) is 7. The van der Waals surface area contributed by atoms with Gasteiger partial charge >= 0.3 is 0 Å². The predicted octanol–water partition coefficient (Wildman–Crippen LogP) is 3.02. The molecule has 0 saturated heterocycles. The van der Waals surface area contributed by atoms with Crippen molar-refractivity contribution in [2.45, 2.75) is 25.5 Å². The minimum absolute atomic E-state index is 0.119. The van der Waals surface area contributed by atoms with E-state index in [0.29, 0.717) is 27.9 Å². The maximum Gasteiger partial charge on any atom is 0.253 e. The van der Waals surface area contributed by atoms with E-state index in [1.807, 2.05) is 19.9 Å². The van der Waals surface area contributed by atoms with E-state index in [1.165, 1.54) is 16.7 Å². The monoisotopic (exact) mass is 450 g/mol. The molecule has 0 radical (unpaired) electrons. The molecular formula is C22H22N6O3S. The highest BCUT2D eigenvalue weighted by atomic mass is 32.2. The third kappa shape index (κ3) is 4.65. The maximum atomic E-state index is 12.9. The van der Waals surface area contributed by atoms with Gasteiger partial charge in [-0.05, 0) is 44.2 Å². The van der Waals surface area contributed by atoms with Crippen molar-refractivity contribution < 1.29 is 14.0 Å². The number of fused-ring (bicyclic) bond motifs is 1. The topological polar surface area (TPSA) is 106 Å². The Labute approximate surface area is 188 Å². The number of carbonyl (C=O) groups excluding carboxylic acids is 2. The Bertz CT molecular complexity index is 1270. The summed E-state index contributed by atoms with van der Waals surface area (Å²) in [6.45, 7) is 4.09. The number of nitrogens with one attached hydrogen (secondary N) is 1. The number of anilines is 1. The summed E-state index contributed by atoms with van der Waals surface area (Å²) in [4.78, 5) is 35.8. The Morgan fingerprint density at radius 3 is 2.75 bits per heavy atom. The Kier molecular flexibility index (Phi) is 6.22. The van der Waals surface area contributed by atoms with Crippen molar-refractivity contribution in [2.24, 2.45) is 0 Å². The molecular weight excluding hydrogens is 428 g/mol. The van der Waals surface area contributed by atoms with Crippen molar-refractivity contribution in [3.05, 3.63) is 71.4 Å². The fourth-order valence-electron chi connectivity index (χ4n) is 3.20. The second kappa shape index (κ2) is 9.23. The van der Waals surface area contributed by atoms with E-state index >= 15 is 0 Å². The summed E-state index contributed by atoms with van der Waals surface area (Å²) >= 11 is 1.23. The molecule has 1 N–H and O–H groups in total. The lowest BCUT2D eigenvalue weighted by atomic mass is 10.1.